The number of hydrogen-bond acceptors (Lipinski definition) is 3. The van der Waals surface area contributed by atoms with Crippen LogP contribution in [-0.2, 0) is 4.74 Å². The van der Waals surface area contributed by atoms with Crippen LogP contribution in [-0.4, -0.2) is 50.3 Å². The van der Waals surface area contributed by atoms with Gasteiger partial charge in [-0.1, -0.05) is 20.3 Å². The zero-order chi connectivity index (χ0) is 11.8. The van der Waals surface area contributed by atoms with E-state index in [1.807, 2.05) is 0 Å². The highest BCUT2D eigenvalue weighted by molar-refractivity contribution is 4.79. The van der Waals surface area contributed by atoms with E-state index in [1.54, 1.807) is 7.11 Å². The minimum Gasteiger partial charge on any atom is -0.385 e. The quantitative estimate of drug-likeness (QED) is 0.673. The second-order valence-corrected chi connectivity index (χ2v) is 5.09. The summed E-state index contributed by atoms with van der Waals surface area (Å²) in [5.41, 5.74) is 0. The Labute approximate surface area is 101 Å². The SMILES string of the molecule is COCCCN1CCCCC1CNC(C)C. The molecule has 1 aliphatic rings. The molecule has 0 spiro atoms. The van der Waals surface area contributed by atoms with Gasteiger partial charge in [-0.3, -0.25) is 4.90 Å². The second-order valence-electron chi connectivity index (χ2n) is 5.09. The molecule has 0 aliphatic carbocycles. The molecule has 1 rings (SSSR count). The molecule has 16 heavy (non-hydrogen) atoms. The topological polar surface area (TPSA) is 24.5 Å². The van der Waals surface area contributed by atoms with Crippen LogP contribution in [0.15, 0.2) is 0 Å². The molecule has 1 unspecified atom stereocenters. The molecule has 0 amide bonds. The molecule has 0 radical (unpaired) electrons. The van der Waals surface area contributed by atoms with Crippen molar-refractivity contribution in [3.8, 4) is 0 Å². The molecule has 3 nitrogen and oxygen atoms in total. The molecule has 1 aliphatic heterocycles. The molecule has 0 saturated carbocycles. The van der Waals surface area contributed by atoms with E-state index in [0.717, 1.165) is 25.6 Å². The van der Waals surface area contributed by atoms with Crippen molar-refractivity contribution in [2.24, 2.45) is 0 Å². The maximum Gasteiger partial charge on any atom is 0.0474 e. The monoisotopic (exact) mass is 228 g/mol. The van der Waals surface area contributed by atoms with Crippen LogP contribution in [0.25, 0.3) is 0 Å². The normalized spacial score (nSPS) is 22.9. The minimum atomic E-state index is 0.600. The summed E-state index contributed by atoms with van der Waals surface area (Å²) in [6, 6.07) is 1.34. The van der Waals surface area contributed by atoms with Crippen LogP contribution >= 0.6 is 0 Å². The van der Waals surface area contributed by atoms with Crippen LogP contribution in [0, 0.1) is 0 Å². The zero-order valence-corrected chi connectivity index (χ0v) is 11.2. The average Bonchev–Trinajstić information content (AvgIpc) is 2.28. The van der Waals surface area contributed by atoms with Crippen LogP contribution in [0.1, 0.15) is 39.5 Å². The van der Waals surface area contributed by atoms with E-state index in [2.05, 4.69) is 24.1 Å². The van der Waals surface area contributed by atoms with E-state index in [-0.39, 0.29) is 0 Å². The van der Waals surface area contributed by atoms with Crippen LogP contribution in [0.5, 0.6) is 0 Å². The molecule has 0 aromatic heterocycles. The minimum absolute atomic E-state index is 0.600. The number of methoxy groups -OCH3 is 1. The second kappa shape index (κ2) is 8.04. The molecule has 0 aromatic rings. The fourth-order valence-electron chi connectivity index (χ4n) is 2.37. The van der Waals surface area contributed by atoms with Crippen molar-refractivity contribution >= 4 is 0 Å². The smallest absolute Gasteiger partial charge is 0.0474 e. The summed E-state index contributed by atoms with van der Waals surface area (Å²) in [5.74, 6) is 0. The lowest BCUT2D eigenvalue weighted by molar-refractivity contribution is 0.119. The highest BCUT2D eigenvalue weighted by Crippen LogP contribution is 2.16. The lowest BCUT2D eigenvalue weighted by Crippen LogP contribution is -2.47. The molecule has 1 saturated heterocycles. The van der Waals surface area contributed by atoms with Gasteiger partial charge in [-0.05, 0) is 25.8 Å². The van der Waals surface area contributed by atoms with Gasteiger partial charge in [0.2, 0.25) is 0 Å². The van der Waals surface area contributed by atoms with E-state index in [1.165, 1.54) is 32.4 Å². The number of rotatable bonds is 7. The van der Waals surface area contributed by atoms with Crippen molar-refractivity contribution in [2.75, 3.05) is 33.4 Å². The molecule has 1 heterocycles. The third-order valence-corrected chi connectivity index (χ3v) is 3.30. The van der Waals surface area contributed by atoms with Gasteiger partial charge in [0, 0.05) is 38.9 Å². The molecular formula is C13H28N2O. The molecule has 0 bridgehead atoms. The van der Waals surface area contributed by atoms with Gasteiger partial charge in [0.25, 0.3) is 0 Å². The maximum absolute atomic E-state index is 5.12. The van der Waals surface area contributed by atoms with Crippen molar-refractivity contribution in [1.29, 1.82) is 0 Å². The zero-order valence-electron chi connectivity index (χ0n) is 11.2. The summed E-state index contributed by atoms with van der Waals surface area (Å²) in [5, 5.41) is 3.56. The Morgan fingerprint density at radius 1 is 1.38 bits per heavy atom. The van der Waals surface area contributed by atoms with Crippen molar-refractivity contribution in [3.63, 3.8) is 0 Å². The number of nitrogens with zero attached hydrogens (tertiary/aromatic N) is 1. The van der Waals surface area contributed by atoms with Crippen molar-refractivity contribution in [2.45, 2.75) is 51.6 Å². The van der Waals surface area contributed by atoms with Crippen LogP contribution in [0.4, 0.5) is 0 Å². The maximum atomic E-state index is 5.12. The Kier molecular flexibility index (Phi) is 7.01. The standard InChI is InChI=1S/C13H28N2O/c1-12(2)14-11-13-7-4-5-8-15(13)9-6-10-16-3/h12-14H,4-11H2,1-3H3. The third kappa shape index (κ3) is 5.28. The van der Waals surface area contributed by atoms with Gasteiger partial charge in [0.15, 0.2) is 0 Å². The first-order valence-corrected chi connectivity index (χ1v) is 6.70. The Morgan fingerprint density at radius 2 is 2.19 bits per heavy atom. The number of likely N-dealkylation sites (tertiary alicyclic amines) is 1. The Bertz CT molecular complexity index is 173. The van der Waals surface area contributed by atoms with E-state index in [4.69, 9.17) is 4.74 Å². The van der Waals surface area contributed by atoms with Crippen molar-refractivity contribution < 1.29 is 4.74 Å². The first kappa shape index (κ1) is 13.9. The van der Waals surface area contributed by atoms with E-state index in [9.17, 15) is 0 Å². The lowest BCUT2D eigenvalue weighted by atomic mass is 10.0. The molecule has 1 fully saturated rings. The predicted octanol–water partition coefficient (Wildman–Crippen LogP) is 1.88. The number of piperidine rings is 1. The number of hydrogen-bond donors (Lipinski definition) is 1. The largest absolute Gasteiger partial charge is 0.385 e. The van der Waals surface area contributed by atoms with Gasteiger partial charge in [0.1, 0.15) is 0 Å². The summed E-state index contributed by atoms with van der Waals surface area (Å²) in [4.78, 5) is 2.64. The first-order valence-electron chi connectivity index (χ1n) is 6.70. The average molecular weight is 228 g/mol. The fourth-order valence-corrected chi connectivity index (χ4v) is 2.37. The van der Waals surface area contributed by atoms with E-state index < -0.39 is 0 Å². The van der Waals surface area contributed by atoms with Gasteiger partial charge >= 0.3 is 0 Å². The molecule has 3 heteroatoms. The molecular weight excluding hydrogens is 200 g/mol. The predicted molar refractivity (Wildman–Crippen MR) is 68.8 cm³/mol. The molecule has 0 aromatic carbocycles. The Morgan fingerprint density at radius 3 is 2.88 bits per heavy atom. The van der Waals surface area contributed by atoms with Gasteiger partial charge < -0.3 is 10.1 Å². The summed E-state index contributed by atoms with van der Waals surface area (Å²) in [6.07, 6.45) is 5.28. The fraction of sp³-hybridized carbons (Fsp3) is 1.00. The van der Waals surface area contributed by atoms with Gasteiger partial charge in [-0.15, -0.1) is 0 Å². The summed E-state index contributed by atoms with van der Waals surface area (Å²) in [7, 11) is 1.79. The Balaban J connectivity index is 2.26. The number of ether oxygens (including phenoxy) is 1. The van der Waals surface area contributed by atoms with Gasteiger partial charge in [0.05, 0.1) is 0 Å². The third-order valence-electron chi connectivity index (χ3n) is 3.30. The van der Waals surface area contributed by atoms with E-state index in [0.29, 0.717) is 6.04 Å². The van der Waals surface area contributed by atoms with Crippen molar-refractivity contribution in [3.05, 3.63) is 0 Å². The summed E-state index contributed by atoms with van der Waals surface area (Å²) < 4.78 is 5.12. The Hall–Kier alpha value is -0.120. The van der Waals surface area contributed by atoms with Gasteiger partial charge in [-0.2, -0.15) is 0 Å². The van der Waals surface area contributed by atoms with E-state index >= 15 is 0 Å². The molecule has 1 N–H and O–H groups in total. The molecule has 1 atom stereocenters. The lowest BCUT2D eigenvalue weighted by Gasteiger charge is -2.36. The highest BCUT2D eigenvalue weighted by atomic mass is 16.5. The summed E-state index contributed by atoms with van der Waals surface area (Å²) in [6.45, 7) is 8.94. The number of nitrogens with one attached hydrogen (secondary N) is 1. The first-order chi connectivity index (χ1) is 7.74. The van der Waals surface area contributed by atoms with Gasteiger partial charge in [-0.25, -0.2) is 0 Å². The van der Waals surface area contributed by atoms with Crippen molar-refractivity contribution in [1.82, 2.24) is 10.2 Å². The van der Waals surface area contributed by atoms with Crippen LogP contribution in [0.2, 0.25) is 0 Å². The van der Waals surface area contributed by atoms with Crippen LogP contribution in [0.3, 0.4) is 0 Å². The summed E-state index contributed by atoms with van der Waals surface area (Å²) >= 11 is 0. The highest BCUT2D eigenvalue weighted by Gasteiger charge is 2.21. The molecule has 96 valence electrons. The van der Waals surface area contributed by atoms with Crippen LogP contribution < -0.4 is 5.32 Å².